The number of hydrogen-bond acceptors (Lipinski definition) is 4. The van der Waals surface area contributed by atoms with E-state index in [0.29, 0.717) is 12.2 Å². The summed E-state index contributed by atoms with van der Waals surface area (Å²) in [5, 5.41) is 10.9. The van der Waals surface area contributed by atoms with Gasteiger partial charge in [0, 0.05) is 13.0 Å². The van der Waals surface area contributed by atoms with Gasteiger partial charge in [-0.05, 0) is 23.3 Å². The van der Waals surface area contributed by atoms with E-state index in [4.69, 9.17) is 0 Å². The fourth-order valence-electron chi connectivity index (χ4n) is 1.39. The molecule has 0 atom stereocenters. The molecule has 64 valence electrons. The van der Waals surface area contributed by atoms with Gasteiger partial charge in [0.15, 0.2) is 0 Å². The van der Waals surface area contributed by atoms with Crippen molar-refractivity contribution in [3.8, 4) is 0 Å². The molecular weight excluding hydrogens is 156 g/mol. The second-order valence-corrected chi connectivity index (χ2v) is 2.96. The third-order valence-corrected chi connectivity index (χ3v) is 2.06. The Balaban J connectivity index is 2.32. The van der Waals surface area contributed by atoms with Gasteiger partial charge in [0.2, 0.25) is 11.6 Å². The molecule has 0 radical (unpaired) electrons. The van der Waals surface area contributed by atoms with Gasteiger partial charge in [0.25, 0.3) is 0 Å². The normalized spacial score (nSPS) is 18.2. The van der Waals surface area contributed by atoms with Gasteiger partial charge in [0.1, 0.15) is 0 Å². The molecule has 0 unspecified atom stereocenters. The van der Waals surface area contributed by atoms with Crippen molar-refractivity contribution in [3.05, 3.63) is 5.82 Å². The maximum absolute atomic E-state index is 11.4. The molecule has 0 aromatic carbocycles. The van der Waals surface area contributed by atoms with E-state index in [-0.39, 0.29) is 5.78 Å². The molecule has 0 N–H and O–H groups in total. The summed E-state index contributed by atoms with van der Waals surface area (Å²) in [7, 11) is 0. The van der Waals surface area contributed by atoms with E-state index < -0.39 is 0 Å². The van der Waals surface area contributed by atoms with Crippen LogP contribution in [0.4, 0.5) is 0 Å². The van der Waals surface area contributed by atoms with Crippen molar-refractivity contribution < 1.29 is 4.79 Å². The van der Waals surface area contributed by atoms with Gasteiger partial charge in [0.05, 0.1) is 0 Å². The molecule has 12 heavy (non-hydrogen) atoms. The number of carbonyl (C=O) groups excluding carboxylic acids is 1. The number of Topliss-reactive ketones (excluding diaryl/α,β-unsaturated/α-hetero) is 1. The minimum atomic E-state index is 0.0692. The Morgan fingerprint density at radius 2 is 2.17 bits per heavy atom. The van der Waals surface area contributed by atoms with Crippen molar-refractivity contribution in [2.45, 2.75) is 32.2 Å². The number of rotatable bonds is 0. The van der Waals surface area contributed by atoms with Gasteiger partial charge in [-0.2, -0.15) is 0 Å². The number of aryl methyl sites for hydroxylation is 1. The molecule has 0 fully saturated rings. The van der Waals surface area contributed by atoms with Gasteiger partial charge >= 0.3 is 0 Å². The molecule has 1 aliphatic heterocycles. The highest BCUT2D eigenvalue weighted by Gasteiger charge is 2.16. The average molecular weight is 166 g/mol. The van der Waals surface area contributed by atoms with Crippen LogP contribution in [-0.2, 0) is 6.54 Å². The molecule has 1 aromatic heterocycles. The second-order valence-electron chi connectivity index (χ2n) is 2.96. The number of hydrogen-bond donors (Lipinski definition) is 0. The Kier molecular flexibility index (Phi) is 1.85. The van der Waals surface area contributed by atoms with Crippen molar-refractivity contribution in [3.63, 3.8) is 0 Å². The van der Waals surface area contributed by atoms with Crippen LogP contribution < -0.4 is 0 Å². The molecule has 1 aliphatic rings. The molecule has 0 saturated heterocycles. The molecule has 1 aromatic rings. The number of fused-ring (bicyclic) bond motifs is 1. The molecular formula is C7H10N4O. The van der Waals surface area contributed by atoms with Crippen LogP contribution in [0.1, 0.15) is 36.3 Å². The molecule has 2 heterocycles. The molecule has 5 nitrogen and oxygen atoms in total. The van der Waals surface area contributed by atoms with Crippen molar-refractivity contribution >= 4 is 5.78 Å². The van der Waals surface area contributed by atoms with E-state index >= 15 is 0 Å². The van der Waals surface area contributed by atoms with E-state index in [0.717, 1.165) is 25.8 Å². The minimum absolute atomic E-state index is 0.0692. The van der Waals surface area contributed by atoms with Crippen LogP contribution in [0.5, 0.6) is 0 Å². The molecule has 0 spiro atoms. The first kappa shape index (κ1) is 7.39. The van der Waals surface area contributed by atoms with Gasteiger partial charge in [-0.15, -0.1) is 5.10 Å². The predicted molar refractivity (Wildman–Crippen MR) is 40.6 cm³/mol. The summed E-state index contributed by atoms with van der Waals surface area (Å²) in [5.74, 6) is 0.495. The van der Waals surface area contributed by atoms with Crippen LogP contribution in [0.25, 0.3) is 0 Å². The summed E-state index contributed by atoms with van der Waals surface area (Å²) in [5.41, 5.74) is 0. The fourth-order valence-corrected chi connectivity index (χ4v) is 1.39. The van der Waals surface area contributed by atoms with Gasteiger partial charge < -0.3 is 0 Å². The lowest BCUT2D eigenvalue weighted by molar-refractivity contribution is 0.0958. The van der Waals surface area contributed by atoms with Crippen LogP contribution in [0.2, 0.25) is 0 Å². The minimum Gasteiger partial charge on any atom is -0.291 e. The lowest BCUT2D eigenvalue weighted by atomic mass is 10.1. The summed E-state index contributed by atoms with van der Waals surface area (Å²) in [4.78, 5) is 11.4. The topological polar surface area (TPSA) is 60.7 Å². The number of nitrogens with zero attached hydrogens (tertiary/aromatic N) is 4. The highest BCUT2D eigenvalue weighted by molar-refractivity contribution is 5.92. The Bertz CT molecular complexity index is 293. The zero-order valence-electron chi connectivity index (χ0n) is 6.73. The summed E-state index contributed by atoms with van der Waals surface area (Å²) < 4.78 is 1.60. The molecule has 0 saturated carbocycles. The Hall–Kier alpha value is -1.26. The van der Waals surface area contributed by atoms with Gasteiger partial charge in [-0.1, -0.05) is 6.42 Å². The maximum Gasteiger partial charge on any atom is 0.218 e. The van der Waals surface area contributed by atoms with E-state index in [1.54, 1.807) is 4.68 Å². The van der Waals surface area contributed by atoms with E-state index in [2.05, 4.69) is 15.5 Å². The Labute approximate surface area is 69.8 Å². The zero-order chi connectivity index (χ0) is 8.39. The third-order valence-electron chi connectivity index (χ3n) is 2.06. The standard InChI is InChI=1S/C7H10N4O/c12-6-4-2-1-3-5-11-7(6)8-9-10-11/h1-5H2. The summed E-state index contributed by atoms with van der Waals surface area (Å²) >= 11 is 0. The van der Waals surface area contributed by atoms with Gasteiger partial charge in [-0.3, -0.25) is 4.79 Å². The summed E-state index contributed by atoms with van der Waals surface area (Å²) in [6.07, 6.45) is 3.70. The molecule has 2 rings (SSSR count). The average Bonchev–Trinajstić information content (AvgIpc) is 2.47. The highest BCUT2D eigenvalue weighted by Crippen LogP contribution is 2.10. The van der Waals surface area contributed by atoms with Gasteiger partial charge in [-0.25, -0.2) is 4.68 Å². The molecule has 0 bridgehead atoms. The first-order valence-corrected chi connectivity index (χ1v) is 4.17. The molecule has 0 amide bonds. The van der Waals surface area contributed by atoms with E-state index in [1.807, 2.05) is 0 Å². The second kappa shape index (κ2) is 3.00. The summed E-state index contributed by atoms with van der Waals surface area (Å²) in [6.45, 7) is 0.772. The van der Waals surface area contributed by atoms with Crippen LogP contribution >= 0.6 is 0 Å². The molecule has 5 heteroatoms. The van der Waals surface area contributed by atoms with Crippen molar-refractivity contribution in [2.75, 3.05) is 0 Å². The smallest absolute Gasteiger partial charge is 0.218 e. The largest absolute Gasteiger partial charge is 0.291 e. The Morgan fingerprint density at radius 1 is 1.25 bits per heavy atom. The van der Waals surface area contributed by atoms with Crippen molar-refractivity contribution in [1.82, 2.24) is 20.2 Å². The number of aromatic nitrogens is 4. The Morgan fingerprint density at radius 3 is 3.08 bits per heavy atom. The lowest BCUT2D eigenvalue weighted by Gasteiger charge is -2.07. The first-order valence-electron chi connectivity index (χ1n) is 4.17. The molecule has 0 aliphatic carbocycles. The van der Waals surface area contributed by atoms with Crippen molar-refractivity contribution in [2.24, 2.45) is 0 Å². The first-order chi connectivity index (χ1) is 5.88. The lowest BCUT2D eigenvalue weighted by Crippen LogP contribution is -2.14. The fraction of sp³-hybridized carbons (Fsp3) is 0.714. The number of carbonyl (C=O) groups is 1. The SMILES string of the molecule is O=C1CCCCCn2nnnc21. The van der Waals surface area contributed by atoms with Crippen molar-refractivity contribution in [1.29, 1.82) is 0 Å². The number of tetrazole rings is 1. The van der Waals surface area contributed by atoms with Crippen LogP contribution in [0, 0.1) is 0 Å². The van der Waals surface area contributed by atoms with Crippen LogP contribution in [0.3, 0.4) is 0 Å². The quantitative estimate of drug-likeness (QED) is 0.560. The van der Waals surface area contributed by atoms with E-state index in [1.165, 1.54) is 0 Å². The van der Waals surface area contributed by atoms with E-state index in [9.17, 15) is 4.79 Å². The predicted octanol–water partition coefficient (Wildman–Crippen LogP) is 0.430. The van der Waals surface area contributed by atoms with Crippen LogP contribution in [-0.4, -0.2) is 26.0 Å². The van der Waals surface area contributed by atoms with Crippen LogP contribution in [0.15, 0.2) is 0 Å². The summed E-state index contributed by atoms with van der Waals surface area (Å²) in [6, 6.07) is 0. The third kappa shape index (κ3) is 1.22. The highest BCUT2D eigenvalue weighted by atomic mass is 16.1. The zero-order valence-corrected chi connectivity index (χ0v) is 6.73. The number of ketones is 1. The maximum atomic E-state index is 11.4. The monoisotopic (exact) mass is 166 g/mol.